The second kappa shape index (κ2) is 8.41. The van der Waals surface area contributed by atoms with Crippen LogP contribution in [0.1, 0.15) is 22.7 Å². The average Bonchev–Trinajstić information content (AvgIpc) is 3.07. The van der Waals surface area contributed by atoms with E-state index in [1.165, 1.54) is 0 Å². The van der Waals surface area contributed by atoms with Gasteiger partial charge in [0.1, 0.15) is 0 Å². The van der Waals surface area contributed by atoms with Gasteiger partial charge in [-0.1, -0.05) is 107 Å². The van der Waals surface area contributed by atoms with E-state index in [9.17, 15) is 0 Å². The molecule has 1 aromatic heterocycles. The Morgan fingerprint density at radius 2 is 1.55 bits per heavy atom. The predicted molar refractivity (Wildman–Crippen MR) is 125 cm³/mol. The van der Waals surface area contributed by atoms with E-state index in [0.29, 0.717) is 6.54 Å². The van der Waals surface area contributed by atoms with Crippen molar-refractivity contribution >= 4 is 45.7 Å². The van der Waals surface area contributed by atoms with Crippen LogP contribution in [-0.2, 0) is 6.54 Å². The zero-order chi connectivity index (χ0) is 20.4. The SMILES string of the molecule is Cc1ccc2[nH]c(-c3ccccc3)c(C(NCc3ccccc3)C(Cl)(Cl)Cl)c2c1. The normalized spacial score (nSPS) is 13.0. The molecule has 0 saturated carbocycles. The molecule has 0 aliphatic carbocycles. The molecule has 0 spiro atoms. The fraction of sp³-hybridized carbons (Fsp3) is 0.167. The Kier molecular flexibility index (Phi) is 5.89. The minimum Gasteiger partial charge on any atom is -0.354 e. The van der Waals surface area contributed by atoms with Crippen LogP contribution in [0, 0.1) is 6.92 Å². The smallest absolute Gasteiger partial charge is 0.209 e. The summed E-state index contributed by atoms with van der Waals surface area (Å²) < 4.78 is -1.53. The highest BCUT2D eigenvalue weighted by atomic mass is 35.6. The summed E-state index contributed by atoms with van der Waals surface area (Å²) in [5.74, 6) is 0. The maximum absolute atomic E-state index is 6.51. The molecule has 0 radical (unpaired) electrons. The first kappa shape index (κ1) is 20.3. The number of aryl methyl sites for hydroxylation is 1. The fourth-order valence-electron chi connectivity index (χ4n) is 3.66. The van der Waals surface area contributed by atoms with E-state index in [1.54, 1.807) is 0 Å². The van der Waals surface area contributed by atoms with Crippen LogP contribution in [0.4, 0.5) is 0 Å². The lowest BCUT2D eigenvalue weighted by atomic mass is 9.98. The van der Waals surface area contributed by atoms with Gasteiger partial charge in [-0.3, -0.25) is 0 Å². The Hall–Kier alpha value is -1.97. The van der Waals surface area contributed by atoms with Crippen LogP contribution in [0.15, 0.2) is 78.9 Å². The number of hydrogen-bond acceptors (Lipinski definition) is 1. The fourth-order valence-corrected chi connectivity index (χ4v) is 4.21. The van der Waals surface area contributed by atoms with Crippen molar-refractivity contribution in [3.05, 3.63) is 95.6 Å². The number of halogens is 3. The Bertz CT molecular complexity index is 1100. The van der Waals surface area contributed by atoms with Gasteiger partial charge in [0.05, 0.1) is 11.7 Å². The molecule has 1 atom stereocenters. The third-order valence-electron chi connectivity index (χ3n) is 5.03. The molecule has 0 bridgehead atoms. The second-order valence-electron chi connectivity index (χ2n) is 7.17. The Labute approximate surface area is 185 Å². The van der Waals surface area contributed by atoms with Crippen LogP contribution in [0.2, 0.25) is 0 Å². The third-order valence-corrected chi connectivity index (χ3v) is 5.68. The van der Waals surface area contributed by atoms with E-state index < -0.39 is 9.83 Å². The van der Waals surface area contributed by atoms with E-state index >= 15 is 0 Å². The van der Waals surface area contributed by atoms with Crippen molar-refractivity contribution in [2.45, 2.75) is 23.3 Å². The van der Waals surface area contributed by atoms with E-state index in [-0.39, 0.29) is 0 Å². The number of aromatic nitrogens is 1. The van der Waals surface area contributed by atoms with Crippen molar-refractivity contribution in [1.29, 1.82) is 0 Å². The van der Waals surface area contributed by atoms with E-state index in [0.717, 1.165) is 38.9 Å². The van der Waals surface area contributed by atoms with Gasteiger partial charge in [-0.15, -0.1) is 0 Å². The molecule has 29 heavy (non-hydrogen) atoms. The van der Waals surface area contributed by atoms with Crippen LogP contribution >= 0.6 is 34.8 Å². The molecular weight excluding hydrogens is 423 g/mol. The van der Waals surface area contributed by atoms with Gasteiger partial charge in [0.15, 0.2) is 0 Å². The summed E-state index contributed by atoms with van der Waals surface area (Å²) in [5.41, 5.74) is 6.28. The van der Waals surface area contributed by atoms with Crippen molar-refractivity contribution in [3.63, 3.8) is 0 Å². The molecule has 2 nitrogen and oxygen atoms in total. The summed E-state index contributed by atoms with van der Waals surface area (Å²) >= 11 is 19.5. The van der Waals surface area contributed by atoms with Crippen molar-refractivity contribution in [2.24, 2.45) is 0 Å². The lowest BCUT2D eigenvalue weighted by Gasteiger charge is -2.27. The standard InChI is InChI=1S/C24H21Cl3N2/c1-16-12-13-20-19(14-16)21(22(29-20)18-10-6-3-7-11-18)23(24(25,26)27)28-15-17-8-4-2-5-9-17/h2-14,23,28-29H,15H2,1H3. The van der Waals surface area contributed by atoms with Gasteiger partial charge in [-0.2, -0.15) is 0 Å². The summed E-state index contributed by atoms with van der Waals surface area (Å²) in [7, 11) is 0. The number of benzene rings is 3. The number of nitrogens with one attached hydrogen (secondary N) is 2. The first-order valence-corrected chi connectivity index (χ1v) is 10.6. The third kappa shape index (κ3) is 4.46. The minimum atomic E-state index is -1.53. The number of aromatic amines is 1. The van der Waals surface area contributed by atoms with Gasteiger partial charge in [-0.05, 0) is 30.2 Å². The minimum absolute atomic E-state index is 0.501. The quantitative estimate of drug-likeness (QED) is 0.310. The summed E-state index contributed by atoms with van der Waals surface area (Å²) in [4.78, 5) is 3.54. The molecule has 0 aliphatic rings. The molecule has 5 heteroatoms. The first-order chi connectivity index (χ1) is 13.9. The number of rotatable bonds is 5. The summed E-state index contributed by atoms with van der Waals surface area (Å²) in [6, 6.07) is 26.1. The molecule has 1 unspecified atom stereocenters. The molecule has 0 amide bonds. The maximum Gasteiger partial charge on any atom is 0.209 e. The van der Waals surface area contributed by atoms with E-state index in [4.69, 9.17) is 34.8 Å². The summed E-state index contributed by atoms with van der Waals surface area (Å²) in [5, 5.41) is 4.54. The Balaban J connectivity index is 1.86. The topological polar surface area (TPSA) is 27.8 Å². The van der Waals surface area contributed by atoms with Crippen LogP contribution in [0.5, 0.6) is 0 Å². The zero-order valence-electron chi connectivity index (χ0n) is 15.9. The largest absolute Gasteiger partial charge is 0.354 e. The van der Waals surface area contributed by atoms with Gasteiger partial charge in [-0.25, -0.2) is 0 Å². The average molecular weight is 444 g/mol. The first-order valence-electron chi connectivity index (χ1n) is 9.45. The van der Waals surface area contributed by atoms with Gasteiger partial charge in [0.25, 0.3) is 0 Å². The van der Waals surface area contributed by atoms with Gasteiger partial charge >= 0.3 is 0 Å². The highest BCUT2D eigenvalue weighted by Gasteiger charge is 2.37. The molecule has 4 aromatic rings. The van der Waals surface area contributed by atoms with Gasteiger partial charge in [0.2, 0.25) is 3.79 Å². The van der Waals surface area contributed by atoms with Gasteiger partial charge < -0.3 is 10.3 Å². The summed E-state index contributed by atoms with van der Waals surface area (Å²) in [6.07, 6.45) is 0. The molecule has 2 N–H and O–H groups in total. The highest BCUT2D eigenvalue weighted by Crippen LogP contribution is 2.46. The maximum atomic E-state index is 6.51. The monoisotopic (exact) mass is 442 g/mol. The Morgan fingerprint density at radius 3 is 2.21 bits per heavy atom. The summed E-state index contributed by atoms with van der Waals surface area (Å²) in [6.45, 7) is 2.66. The zero-order valence-corrected chi connectivity index (χ0v) is 18.2. The lowest BCUT2D eigenvalue weighted by molar-refractivity contribution is 0.545. The van der Waals surface area contributed by atoms with Gasteiger partial charge in [0, 0.05) is 23.0 Å². The van der Waals surface area contributed by atoms with Crippen molar-refractivity contribution in [2.75, 3.05) is 0 Å². The van der Waals surface area contributed by atoms with Crippen LogP contribution in [0.3, 0.4) is 0 Å². The molecule has 148 valence electrons. The molecule has 0 fully saturated rings. The molecule has 4 rings (SSSR count). The van der Waals surface area contributed by atoms with E-state index in [2.05, 4.69) is 59.7 Å². The second-order valence-corrected chi connectivity index (χ2v) is 9.54. The van der Waals surface area contributed by atoms with Crippen LogP contribution in [0.25, 0.3) is 22.2 Å². The molecule has 0 saturated heterocycles. The molecule has 0 aliphatic heterocycles. The molecular formula is C24H21Cl3N2. The van der Waals surface area contributed by atoms with Crippen molar-refractivity contribution < 1.29 is 0 Å². The number of H-pyrrole nitrogens is 1. The number of hydrogen-bond donors (Lipinski definition) is 2. The van der Waals surface area contributed by atoms with Crippen LogP contribution < -0.4 is 5.32 Å². The number of fused-ring (bicyclic) bond motifs is 1. The predicted octanol–water partition coefficient (Wildman–Crippen LogP) is 7.34. The molecule has 1 heterocycles. The van der Waals surface area contributed by atoms with Crippen LogP contribution in [-0.4, -0.2) is 8.78 Å². The Morgan fingerprint density at radius 1 is 0.897 bits per heavy atom. The van der Waals surface area contributed by atoms with Crippen molar-refractivity contribution in [1.82, 2.24) is 10.3 Å². The lowest BCUT2D eigenvalue weighted by Crippen LogP contribution is -2.32. The highest BCUT2D eigenvalue weighted by molar-refractivity contribution is 6.68. The van der Waals surface area contributed by atoms with E-state index in [1.807, 2.05) is 36.4 Å². The number of alkyl halides is 3. The van der Waals surface area contributed by atoms with Crippen molar-refractivity contribution in [3.8, 4) is 11.3 Å². The molecule has 3 aromatic carbocycles.